The normalized spacial score (nSPS) is 4.00. The zero-order chi connectivity index (χ0) is 3.58. The van der Waals surface area contributed by atoms with Gasteiger partial charge in [-0.05, 0) is 0 Å². The molecule has 0 saturated carbocycles. The van der Waals surface area contributed by atoms with Gasteiger partial charge >= 0.3 is 75.0 Å². The van der Waals surface area contributed by atoms with Gasteiger partial charge in [0.25, 0.3) is 0 Å². The molecule has 0 atom stereocenters. The molecule has 0 aliphatic carbocycles. The van der Waals surface area contributed by atoms with E-state index in [0.29, 0.717) is 0 Å². The van der Waals surface area contributed by atoms with E-state index in [1.807, 2.05) is 0 Å². The van der Waals surface area contributed by atoms with Crippen LogP contribution in [0.4, 0.5) is 4.79 Å². The molecule has 5 heteroatoms. The third kappa shape index (κ3) is 58.9. The maximum Gasteiger partial charge on any atom is 1.00 e. The number of carbonyl (C=O) groups is 1. The van der Waals surface area contributed by atoms with Gasteiger partial charge in [-0.25, -0.2) is 4.79 Å². The van der Waals surface area contributed by atoms with Crippen LogP contribution < -0.4 is 68.9 Å². The molecular formula is CH3CsO4. The summed E-state index contributed by atoms with van der Waals surface area (Å²) >= 11 is 0. The van der Waals surface area contributed by atoms with E-state index in [0.717, 1.165) is 0 Å². The van der Waals surface area contributed by atoms with Crippen molar-refractivity contribution in [2.24, 2.45) is 0 Å². The largest absolute Gasteiger partial charge is 1.00 e. The van der Waals surface area contributed by atoms with Crippen LogP contribution in [0.3, 0.4) is 0 Å². The van der Waals surface area contributed by atoms with E-state index in [9.17, 15) is 0 Å². The summed E-state index contributed by atoms with van der Waals surface area (Å²) in [6, 6.07) is 0. The quantitative estimate of drug-likeness (QED) is 0.449. The number of rotatable bonds is 0. The first-order valence-electron chi connectivity index (χ1n) is 0.651. The Hall–Kier alpha value is 1.28. The van der Waals surface area contributed by atoms with Crippen molar-refractivity contribution < 1.29 is 89.4 Å². The average molecular weight is 212 g/mol. The van der Waals surface area contributed by atoms with Gasteiger partial charge in [0.15, 0.2) is 0 Å². The van der Waals surface area contributed by atoms with Crippen LogP contribution >= 0.6 is 0 Å². The molecule has 0 amide bonds. The van der Waals surface area contributed by atoms with Crippen molar-refractivity contribution in [2.75, 3.05) is 0 Å². The molecule has 0 rings (SSSR count). The fourth-order valence-electron chi connectivity index (χ4n) is 0. The van der Waals surface area contributed by atoms with Crippen LogP contribution in [0.5, 0.6) is 0 Å². The van der Waals surface area contributed by atoms with Crippen molar-refractivity contribution in [3.05, 3.63) is 0 Å². The van der Waals surface area contributed by atoms with Gasteiger partial charge in [0, 0.05) is 0 Å². The predicted octanol–water partition coefficient (Wildman–Crippen LogP) is -2.95. The zero-order valence-corrected chi connectivity index (χ0v) is 9.53. The summed E-state index contributed by atoms with van der Waals surface area (Å²) in [6.07, 6.45) is -1.83. The molecular weight excluding hydrogens is 209 g/mol. The molecule has 3 N–H and O–H groups in total. The second-order valence-corrected chi connectivity index (χ2v) is 0.283. The number of hydrogen-bond acceptors (Lipinski definition) is 2. The van der Waals surface area contributed by atoms with Crippen LogP contribution in [0.1, 0.15) is 0 Å². The van der Waals surface area contributed by atoms with E-state index in [1.165, 1.54) is 0 Å². The summed E-state index contributed by atoms with van der Waals surface area (Å²) in [5.74, 6) is 0. The van der Waals surface area contributed by atoms with Crippen molar-refractivity contribution in [1.29, 1.82) is 0 Å². The van der Waals surface area contributed by atoms with Gasteiger partial charge in [-0.2, -0.15) is 0 Å². The minimum absolute atomic E-state index is 0. The predicted molar refractivity (Wildman–Crippen MR) is 12.6 cm³/mol. The molecule has 0 unspecified atom stereocenters. The summed E-state index contributed by atoms with van der Waals surface area (Å²) in [4.78, 5) is 8.56. The average Bonchev–Trinajstić information content (AvgIpc) is 0.811. The summed E-state index contributed by atoms with van der Waals surface area (Å²) in [5, 5.41) is 13.9. The zero-order valence-electron chi connectivity index (χ0n) is 3.25. The summed E-state index contributed by atoms with van der Waals surface area (Å²) < 4.78 is 0. The SMILES string of the molecule is O=C(O)O.[Cs+].[OH-]. The van der Waals surface area contributed by atoms with Crippen molar-refractivity contribution >= 4 is 6.16 Å². The Balaban J connectivity index is -0.0000000450. The van der Waals surface area contributed by atoms with Crippen molar-refractivity contribution in [3.63, 3.8) is 0 Å². The fraction of sp³-hybridized carbons (Fsp3) is 0. The maximum absolute atomic E-state index is 8.56. The molecule has 0 fully saturated rings. The monoisotopic (exact) mass is 212 g/mol. The molecule has 0 aromatic rings. The van der Waals surface area contributed by atoms with Crippen LogP contribution in [0, 0.1) is 0 Å². The summed E-state index contributed by atoms with van der Waals surface area (Å²) in [7, 11) is 0. The molecule has 32 valence electrons. The van der Waals surface area contributed by atoms with Gasteiger partial charge in [0.05, 0.1) is 0 Å². The van der Waals surface area contributed by atoms with E-state index >= 15 is 0 Å². The van der Waals surface area contributed by atoms with Gasteiger partial charge in [-0.1, -0.05) is 0 Å². The Morgan fingerprint density at radius 1 is 1.33 bits per heavy atom. The van der Waals surface area contributed by atoms with Crippen molar-refractivity contribution in [3.8, 4) is 0 Å². The molecule has 0 heterocycles. The Kier molecular flexibility index (Phi) is 25.0. The van der Waals surface area contributed by atoms with Gasteiger partial charge in [-0.3, -0.25) is 0 Å². The van der Waals surface area contributed by atoms with Crippen molar-refractivity contribution in [2.45, 2.75) is 0 Å². The molecule has 0 aliphatic heterocycles. The van der Waals surface area contributed by atoms with Crippen molar-refractivity contribution in [1.82, 2.24) is 0 Å². The van der Waals surface area contributed by atoms with Crippen LogP contribution in [0.2, 0.25) is 0 Å². The molecule has 0 bridgehead atoms. The van der Waals surface area contributed by atoms with E-state index in [-0.39, 0.29) is 74.4 Å². The summed E-state index contributed by atoms with van der Waals surface area (Å²) in [5.41, 5.74) is 0. The van der Waals surface area contributed by atoms with Gasteiger partial charge in [0.2, 0.25) is 0 Å². The summed E-state index contributed by atoms with van der Waals surface area (Å²) in [6.45, 7) is 0. The van der Waals surface area contributed by atoms with Crippen LogP contribution in [-0.4, -0.2) is 21.8 Å². The van der Waals surface area contributed by atoms with E-state index in [2.05, 4.69) is 0 Å². The Morgan fingerprint density at radius 3 is 1.33 bits per heavy atom. The number of carboxylic acid groups (broad SMARTS) is 2. The first kappa shape index (κ1) is 15.7. The maximum atomic E-state index is 8.56. The van der Waals surface area contributed by atoms with E-state index in [1.54, 1.807) is 0 Å². The molecule has 4 nitrogen and oxygen atoms in total. The fourth-order valence-corrected chi connectivity index (χ4v) is 0. The second kappa shape index (κ2) is 9.56. The van der Waals surface area contributed by atoms with Crippen LogP contribution in [-0.2, 0) is 0 Å². The molecule has 0 aromatic carbocycles. The topological polar surface area (TPSA) is 87.5 Å². The third-order valence-electron chi connectivity index (χ3n) is 0. The van der Waals surface area contributed by atoms with Gasteiger partial charge < -0.3 is 15.7 Å². The second-order valence-electron chi connectivity index (χ2n) is 0.283. The van der Waals surface area contributed by atoms with Crippen LogP contribution in [0.25, 0.3) is 0 Å². The molecule has 0 aromatic heterocycles. The minimum Gasteiger partial charge on any atom is -0.870 e. The number of hydrogen-bond donors (Lipinski definition) is 2. The molecule has 0 radical (unpaired) electrons. The smallest absolute Gasteiger partial charge is 0.870 e. The standard InChI is InChI=1S/CH2O3.Cs.H2O/c2-1(3)4;;/h(H2,2,3,4);;1H2/q;+1;/p-1. The Labute approximate surface area is 93.3 Å². The Bertz CT molecular complexity index is 30.5. The molecule has 6 heavy (non-hydrogen) atoms. The first-order valence-corrected chi connectivity index (χ1v) is 0.651. The molecule has 0 saturated heterocycles. The van der Waals surface area contributed by atoms with E-state index in [4.69, 9.17) is 15.0 Å². The van der Waals surface area contributed by atoms with Gasteiger partial charge in [0.1, 0.15) is 0 Å². The first-order chi connectivity index (χ1) is 1.73. The molecule has 0 spiro atoms. The molecule has 0 aliphatic rings. The minimum atomic E-state index is -1.83. The van der Waals surface area contributed by atoms with E-state index < -0.39 is 6.16 Å². The Morgan fingerprint density at radius 2 is 1.33 bits per heavy atom. The third-order valence-corrected chi connectivity index (χ3v) is 0. The van der Waals surface area contributed by atoms with Crippen LogP contribution in [0.15, 0.2) is 0 Å². The van der Waals surface area contributed by atoms with Gasteiger partial charge in [-0.15, -0.1) is 0 Å².